The number of halogens is 3. The number of aryl methyl sites for hydroxylation is 1. The zero-order valence-corrected chi connectivity index (χ0v) is 14.2. The van der Waals surface area contributed by atoms with E-state index >= 15 is 0 Å². The molecule has 0 atom stereocenters. The maximum atomic E-state index is 13.8. The first-order valence-corrected chi connectivity index (χ1v) is 8.21. The molecule has 0 bridgehead atoms. The zero-order valence-electron chi connectivity index (χ0n) is 14.2. The van der Waals surface area contributed by atoms with E-state index in [0.29, 0.717) is 11.6 Å². The summed E-state index contributed by atoms with van der Waals surface area (Å²) in [6, 6.07) is 3.71. The number of aromatic nitrogens is 2. The summed E-state index contributed by atoms with van der Waals surface area (Å²) in [6.07, 6.45) is 0. The van der Waals surface area contributed by atoms with Gasteiger partial charge in [-0.1, -0.05) is 6.92 Å². The molecule has 8 heteroatoms. The van der Waals surface area contributed by atoms with Crippen LogP contribution in [-0.4, -0.2) is 47.6 Å². The molecule has 0 aliphatic carbocycles. The Balaban J connectivity index is 1.82. The van der Waals surface area contributed by atoms with Crippen molar-refractivity contribution < 1.29 is 13.2 Å². The molecular weight excluding hydrogens is 331 g/mol. The molecule has 2 aromatic rings. The van der Waals surface area contributed by atoms with Gasteiger partial charge in [0.05, 0.1) is 5.69 Å². The number of anilines is 3. The molecule has 0 spiro atoms. The molecule has 0 saturated carbocycles. The van der Waals surface area contributed by atoms with Crippen LogP contribution in [0.3, 0.4) is 0 Å². The van der Waals surface area contributed by atoms with Gasteiger partial charge in [0, 0.05) is 32.2 Å². The van der Waals surface area contributed by atoms with Crippen molar-refractivity contribution in [2.24, 2.45) is 0 Å². The van der Waals surface area contributed by atoms with Crippen LogP contribution < -0.4 is 10.2 Å². The van der Waals surface area contributed by atoms with Crippen LogP contribution in [0.1, 0.15) is 12.7 Å². The number of hydrogen-bond acceptors (Lipinski definition) is 5. The molecule has 0 radical (unpaired) electrons. The Labute approximate surface area is 144 Å². The van der Waals surface area contributed by atoms with Crippen molar-refractivity contribution >= 4 is 17.3 Å². The largest absolute Gasteiger partial charge is 0.354 e. The van der Waals surface area contributed by atoms with Gasteiger partial charge in [-0.25, -0.2) is 23.1 Å². The average Bonchev–Trinajstić information content (AvgIpc) is 2.62. The molecule has 1 N–H and O–H groups in total. The minimum Gasteiger partial charge on any atom is -0.354 e. The minimum absolute atomic E-state index is 0.168. The van der Waals surface area contributed by atoms with Crippen molar-refractivity contribution in [3.8, 4) is 0 Å². The standard InChI is InChI=1S/C17H20F3N5/c1-3-24-6-8-25(9-7-24)15-10-14(21-11(2)22-15)23-13-5-4-12(18)16(19)17(13)20/h4-5,10H,3,6-9H2,1-2H3,(H,21,22,23). The molecule has 1 aliphatic rings. The molecule has 1 aliphatic heterocycles. The fourth-order valence-electron chi connectivity index (χ4n) is 2.83. The number of benzene rings is 1. The molecule has 5 nitrogen and oxygen atoms in total. The van der Waals surface area contributed by atoms with E-state index in [-0.39, 0.29) is 5.69 Å². The Morgan fingerprint density at radius 3 is 2.44 bits per heavy atom. The fourth-order valence-corrected chi connectivity index (χ4v) is 2.83. The summed E-state index contributed by atoms with van der Waals surface area (Å²) >= 11 is 0. The van der Waals surface area contributed by atoms with Gasteiger partial charge in [0.2, 0.25) is 0 Å². The summed E-state index contributed by atoms with van der Waals surface area (Å²) in [4.78, 5) is 13.1. The molecule has 0 unspecified atom stereocenters. The van der Waals surface area contributed by atoms with Gasteiger partial charge in [-0.15, -0.1) is 0 Å². The van der Waals surface area contributed by atoms with Crippen LogP contribution in [0.15, 0.2) is 18.2 Å². The van der Waals surface area contributed by atoms with Crippen molar-refractivity contribution in [2.45, 2.75) is 13.8 Å². The number of piperazine rings is 1. The van der Waals surface area contributed by atoms with Crippen molar-refractivity contribution in [1.29, 1.82) is 0 Å². The maximum Gasteiger partial charge on any atom is 0.196 e. The highest BCUT2D eigenvalue weighted by atomic mass is 19.2. The lowest BCUT2D eigenvalue weighted by atomic mass is 10.2. The van der Waals surface area contributed by atoms with Gasteiger partial charge in [-0.05, 0) is 25.6 Å². The molecule has 2 heterocycles. The summed E-state index contributed by atoms with van der Waals surface area (Å²) < 4.78 is 40.3. The second kappa shape index (κ2) is 7.26. The van der Waals surface area contributed by atoms with Gasteiger partial charge in [0.25, 0.3) is 0 Å². The minimum atomic E-state index is -1.51. The molecule has 0 amide bonds. The van der Waals surface area contributed by atoms with Crippen molar-refractivity contribution in [2.75, 3.05) is 42.9 Å². The van der Waals surface area contributed by atoms with Crippen LogP contribution >= 0.6 is 0 Å². The third kappa shape index (κ3) is 3.84. The molecular formula is C17H20F3N5. The van der Waals surface area contributed by atoms with Crippen LogP contribution in [0.25, 0.3) is 0 Å². The van der Waals surface area contributed by atoms with Gasteiger partial charge >= 0.3 is 0 Å². The van der Waals surface area contributed by atoms with E-state index in [9.17, 15) is 13.2 Å². The van der Waals surface area contributed by atoms with Gasteiger partial charge in [-0.2, -0.15) is 0 Å². The van der Waals surface area contributed by atoms with Crippen LogP contribution in [0.4, 0.5) is 30.5 Å². The third-order valence-electron chi connectivity index (χ3n) is 4.27. The van der Waals surface area contributed by atoms with E-state index < -0.39 is 17.5 Å². The monoisotopic (exact) mass is 351 g/mol. The second-order valence-corrected chi connectivity index (χ2v) is 5.93. The van der Waals surface area contributed by atoms with Crippen LogP contribution in [0.2, 0.25) is 0 Å². The molecule has 1 aromatic carbocycles. The highest BCUT2D eigenvalue weighted by molar-refractivity contribution is 5.60. The van der Waals surface area contributed by atoms with Crippen LogP contribution in [0, 0.1) is 24.4 Å². The summed E-state index contributed by atoms with van der Waals surface area (Å²) in [7, 11) is 0. The predicted octanol–water partition coefficient (Wildman–Crippen LogP) is 3.09. The van der Waals surface area contributed by atoms with Crippen molar-refractivity contribution in [1.82, 2.24) is 14.9 Å². The van der Waals surface area contributed by atoms with Gasteiger partial charge in [0.15, 0.2) is 17.5 Å². The van der Waals surface area contributed by atoms with Crippen molar-refractivity contribution in [3.63, 3.8) is 0 Å². The van der Waals surface area contributed by atoms with E-state index in [1.54, 1.807) is 13.0 Å². The topological polar surface area (TPSA) is 44.3 Å². The summed E-state index contributed by atoms with van der Waals surface area (Å²) in [5, 5.41) is 2.71. The predicted molar refractivity (Wildman–Crippen MR) is 90.7 cm³/mol. The number of nitrogens with zero attached hydrogens (tertiary/aromatic N) is 4. The quantitative estimate of drug-likeness (QED) is 0.858. The average molecular weight is 351 g/mol. The second-order valence-electron chi connectivity index (χ2n) is 5.93. The highest BCUT2D eigenvalue weighted by Crippen LogP contribution is 2.25. The lowest BCUT2D eigenvalue weighted by molar-refractivity contribution is 0.270. The summed E-state index contributed by atoms with van der Waals surface area (Å²) in [5.74, 6) is -2.42. The van der Waals surface area contributed by atoms with Gasteiger partial charge in [0.1, 0.15) is 17.5 Å². The molecule has 3 rings (SSSR count). The lowest BCUT2D eigenvalue weighted by Gasteiger charge is -2.34. The Morgan fingerprint density at radius 1 is 1.04 bits per heavy atom. The fraction of sp³-hybridized carbons (Fsp3) is 0.412. The number of likely N-dealkylation sites (N-methyl/N-ethyl adjacent to an activating group) is 1. The first-order valence-electron chi connectivity index (χ1n) is 8.21. The molecule has 25 heavy (non-hydrogen) atoms. The van der Waals surface area contributed by atoms with E-state index in [1.807, 2.05) is 0 Å². The highest BCUT2D eigenvalue weighted by Gasteiger charge is 2.19. The van der Waals surface area contributed by atoms with E-state index in [1.165, 1.54) is 0 Å². The first-order chi connectivity index (χ1) is 12.0. The number of rotatable bonds is 4. The zero-order chi connectivity index (χ0) is 18.0. The van der Waals surface area contributed by atoms with E-state index in [4.69, 9.17) is 0 Å². The molecule has 1 saturated heterocycles. The van der Waals surface area contributed by atoms with Crippen LogP contribution in [0.5, 0.6) is 0 Å². The Morgan fingerprint density at radius 2 is 1.76 bits per heavy atom. The summed E-state index contributed by atoms with van der Waals surface area (Å²) in [6.45, 7) is 8.44. The molecule has 1 fully saturated rings. The van der Waals surface area contributed by atoms with Gasteiger partial charge in [-0.3, -0.25) is 0 Å². The maximum absolute atomic E-state index is 13.8. The summed E-state index contributed by atoms with van der Waals surface area (Å²) in [5.41, 5.74) is -0.168. The smallest absolute Gasteiger partial charge is 0.196 e. The Kier molecular flexibility index (Phi) is 5.08. The first kappa shape index (κ1) is 17.5. The lowest BCUT2D eigenvalue weighted by Crippen LogP contribution is -2.46. The van der Waals surface area contributed by atoms with Crippen molar-refractivity contribution in [3.05, 3.63) is 41.5 Å². The Hall–Kier alpha value is -2.35. The normalized spacial score (nSPS) is 15.5. The number of hydrogen-bond donors (Lipinski definition) is 1. The SMILES string of the molecule is CCN1CCN(c2cc(Nc3ccc(F)c(F)c3F)nc(C)n2)CC1. The van der Waals surface area contributed by atoms with Gasteiger partial charge < -0.3 is 15.1 Å². The third-order valence-corrected chi connectivity index (χ3v) is 4.27. The molecule has 134 valence electrons. The molecule has 1 aromatic heterocycles. The Bertz CT molecular complexity index is 760. The van der Waals surface area contributed by atoms with E-state index in [2.05, 4.69) is 32.0 Å². The van der Waals surface area contributed by atoms with E-state index in [0.717, 1.165) is 50.7 Å². The number of nitrogens with one attached hydrogen (secondary N) is 1. The van der Waals surface area contributed by atoms with Crippen LogP contribution in [-0.2, 0) is 0 Å².